The molecule has 0 radical (unpaired) electrons. The van der Waals surface area contributed by atoms with Crippen molar-refractivity contribution in [3.8, 4) is 5.75 Å². The van der Waals surface area contributed by atoms with E-state index in [-0.39, 0.29) is 6.04 Å². The molecule has 2 aromatic heterocycles. The van der Waals surface area contributed by atoms with Crippen LogP contribution < -0.4 is 10.5 Å². The van der Waals surface area contributed by atoms with Crippen LogP contribution in [-0.2, 0) is 6.61 Å². The Morgan fingerprint density at radius 3 is 3.10 bits per heavy atom. The van der Waals surface area contributed by atoms with Crippen molar-refractivity contribution in [1.29, 1.82) is 0 Å². The highest BCUT2D eigenvalue weighted by atomic mass is 79.9. The average Bonchev–Trinajstić information content (AvgIpc) is 2.97. The zero-order chi connectivity index (χ0) is 14.1. The van der Waals surface area contributed by atoms with E-state index < -0.39 is 0 Å². The molecule has 2 heterocycles. The fraction of sp³-hybridized carbons (Fsp3) is 0.214. The number of aromatic nitrogens is 2. The van der Waals surface area contributed by atoms with Gasteiger partial charge in [-0.2, -0.15) is 0 Å². The van der Waals surface area contributed by atoms with Crippen LogP contribution >= 0.6 is 27.3 Å². The van der Waals surface area contributed by atoms with Gasteiger partial charge in [-0.1, -0.05) is 15.9 Å². The molecular formula is C14H14BrN3OS. The Balaban J connectivity index is 1.79. The minimum Gasteiger partial charge on any atom is -0.487 e. The quantitative estimate of drug-likeness (QED) is 0.778. The number of rotatable bonds is 4. The van der Waals surface area contributed by atoms with E-state index >= 15 is 0 Å². The standard InChI is InChI=1S/C14H14BrN3OS/c1-9(16)12-6-10(15)2-3-13(12)19-8-11-7-18-4-5-20-14(18)17-11/h2-7,9H,8,16H2,1H3/t9-/m1/s1. The van der Waals surface area contributed by atoms with E-state index in [2.05, 4.69) is 20.9 Å². The molecule has 0 saturated heterocycles. The van der Waals surface area contributed by atoms with Gasteiger partial charge in [0.1, 0.15) is 12.4 Å². The molecule has 104 valence electrons. The summed E-state index contributed by atoms with van der Waals surface area (Å²) >= 11 is 5.06. The van der Waals surface area contributed by atoms with Gasteiger partial charge in [0.2, 0.25) is 0 Å². The summed E-state index contributed by atoms with van der Waals surface area (Å²) in [5, 5.41) is 2.01. The number of nitrogens with zero attached hydrogens (tertiary/aromatic N) is 2. The van der Waals surface area contributed by atoms with E-state index in [4.69, 9.17) is 10.5 Å². The number of imidazole rings is 1. The molecule has 0 bridgehead atoms. The van der Waals surface area contributed by atoms with Crippen molar-refractivity contribution in [3.63, 3.8) is 0 Å². The Bertz CT molecular complexity index is 706. The molecule has 1 aromatic carbocycles. The van der Waals surface area contributed by atoms with Crippen LogP contribution in [-0.4, -0.2) is 9.38 Å². The summed E-state index contributed by atoms with van der Waals surface area (Å²) in [6, 6.07) is 5.80. The molecule has 4 nitrogen and oxygen atoms in total. The zero-order valence-corrected chi connectivity index (χ0v) is 13.3. The van der Waals surface area contributed by atoms with Crippen LogP contribution in [0, 0.1) is 0 Å². The Kier molecular flexibility index (Phi) is 3.78. The van der Waals surface area contributed by atoms with Crippen molar-refractivity contribution in [3.05, 3.63) is 51.7 Å². The van der Waals surface area contributed by atoms with Crippen molar-refractivity contribution in [1.82, 2.24) is 9.38 Å². The predicted molar refractivity (Wildman–Crippen MR) is 84.1 cm³/mol. The first-order valence-electron chi connectivity index (χ1n) is 6.22. The maximum absolute atomic E-state index is 5.98. The van der Waals surface area contributed by atoms with Gasteiger partial charge in [-0.15, -0.1) is 11.3 Å². The normalized spacial score (nSPS) is 12.8. The molecule has 0 aliphatic carbocycles. The van der Waals surface area contributed by atoms with Crippen molar-refractivity contribution in [2.45, 2.75) is 19.6 Å². The fourth-order valence-electron chi connectivity index (χ4n) is 2.00. The monoisotopic (exact) mass is 351 g/mol. The summed E-state index contributed by atoms with van der Waals surface area (Å²) in [4.78, 5) is 5.47. The maximum Gasteiger partial charge on any atom is 0.193 e. The molecule has 20 heavy (non-hydrogen) atoms. The molecule has 0 spiro atoms. The third-order valence-corrected chi connectivity index (χ3v) is 4.25. The number of thiazole rings is 1. The lowest BCUT2D eigenvalue weighted by molar-refractivity contribution is 0.297. The summed E-state index contributed by atoms with van der Waals surface area (Å²) in [5.41, 5.74) is 7.88. The first-order chi connectivity index (χ1) is 9.63. The molecule has 6 heteroatoms. The van der Waals surface area contributed by atoms with Gasteiger partial charge in [0, 0.05) is 33.9 Å². The van der Waals surface area contributed by atoms with Gasteiger partial charge < -0.3 is 10.5 Å². The van der Waals surface area contributed by atoms with Gasteiger partial charge in [0.25, 0.3) is 0 Å². The number of hydrogen-bond donors (Lipinski definition) is 1. The highest BCUT2D eigenvalue weighted by Gasteiger charge is 2.10. The van der Waals surface area contributed by atoms with Crippen molar-refractivity contribution >= 4 is 32.2 Å². The van der Waals surface area contributed by atoms with Crippen molar-refractivity contribution in [2.75, 3.05) is 0 Å². The highest BCUT2D eigenvalue weighted by molar-refractivity contribution is 9.10. The van der Waals surface area contributed by atoms with E-state index in [1.165, 1.54) is 0 Å². The lowest BCUT2D eigenvalue weighted by atomic mass is 10.1. The smallest absolute Gasteiger partial charge is 0.193 e. The van der Waals surface area contributed by atoms with Crippen LogP contribution in [0.4, 0.5) is 0 Å². The number of ether oxygens (including phenoxy) is 1. The van der Waals surface area contributed by atoms with Gasteiger partial charge >= 0.3 is 0 Å². The molecule has 0 aliphatic rings. The van der Waals surface area contributed by atoms with E-state index in [1.54, 1.807) is 11.3 Å². The van der Waals surface area contributed by atoms with Gasteiger partial charge in [0.05, 0.1) is 5.69 Å². The molecule has 0 amide bonds. The number of benzene rings is 1. The molecule has 0 unspecified atom stereocenters. The number of nitrogens with two attached hydrogens (primary N) is 1. The molecule has 3 rings (SSSR count). The minimum absolute atomic E-state index is 0.0759. The second-order valence-electron chi connectivity index (χ2n) is 4.58. The van der Waals surface area contributed by atoms with E-state index in [0.29, 0.717) is 6.61 Å². The van der Waals surface area contributed by atoms with Crippen LogP contribution in [0.15, 0.2) is 40.4 Å². The molecule has 3 aromatic rings. The lowest BCUT2D eigenvalue weighted by Gasteiger charge is -2.13. The number of halogens is 1. The van der Waals surface area contributed by atoms with Crippen LogP contribution in [0.2, 0.25) is 0 Å². The number of fused-ring (bicyclic) bond motifs is 1. The topological polar surface area (TPSA) is 52.5 Å². The largest absolute Gasteiger partial charge is 0.487 e. The Hall–Kier alpha value is -1.37. The minimum atomic E-state index is -0.0759. The van der Waals surface area contributed by atoms with Crippen LogP contribution in [0.3, 0.4) is 0 Å². The van der Waals surface area contributed by atoms with E-state index in [0.717, 1.165) is 26.4 Å². The highest BCUT2D eigenvalue weighted by Crippen LogP contribution is 2.28. The van der Waals surface area contributed by atoms with Gasteiger partial charge in [-0.05, 0) is 25.1 Å². The SMILES string of the molecule is C[C@@H](N)c1cc(Br)ccc1OCc1cn2ccsc2n1. The van der Waals surface area contributed by atoms with Gasteiger partial charge in [-0.25, -0.2) is 4.98 Å². The first-order valence-corrected chi connectivity index (χ1v) is 7.89. The summed E-state index contributed by atoms with van der Waals surface area (Å²) in [6.45, 7) is 2.39. The first kappa shape index (κ1) is 13.6. The van der Waals surface area contributed by atoms with E-state index in [1.807, 2.05) is 47.3 Å². The summed E-state index contributed by atoms with van der Waals surface area (Å²) in [6.07, 6.45) is 3.97. The number of hydrogen-bond acceptors (Lipinski definition) is 4. The summed E-state index contributed by atoms with van der Waals surface area (Å²) in [7, 11) is 0. The predicted octanol–water partition coefficient (Wildman–Crippen LogP) is 3.76. The van der Waals surface area contributed by atoms with Crippen LogP contribution in [0.25, 0.3) is 4.96 Å². The summed E-state index contributed by atoms with van der Waals surface area (Å²) in [5.74, 6) is 0.805. The average molecular weight is 352 g/mol. The molecule has 2 N–H and O–H groups in total. The van der Waals surface area contributed by atoms with Crippen molar-refractivity contribution < 1.29 is 4.74 Å². The van der Waals surface area contributed by atoms with Gasteiger partial charge in [0.15, 0.2) is 4.96 Å². The lowest BCUT2D eigenvalue weighted by Crippen LogP contribution is -2.08. The van der Waals surface area contributed by atoms with Crippen LogP contribution in [0.1, 0.15) is 24.2 Å². The zero-order valence-electron chi connectivity index (χ0n) is 10.9. The molecule has 0 aliphatic heterocycles. The van der Waals surface area contributed by atoms with Crippen LogP contribution in [0.5, 0.6) is 5.75 Å². The molecule has 0 saturated carbocycles. The second-order valence-corrected chi connectivity index (χ2v) is 6.37. The Morgan fingerprint density at radius 2 is 2.35 bits per heavy atom. The van der Waals surface area contributed by atoms with Crippen molar-refractivity contribution in [2.24, 2.45) is 5.73 Å². The third-order valence-electron chi connectivity index (χ3n) is 2.98. The molecule has 1 atom stereocenters. The fourth-order valence-corrected chi connectivity index (χ4v) is 3.10. The molecule has 0 fully saturated rings. The Labute approximate surface area is 129 Å². The van der Waals surface area contributed by atoms with Gasteiger partial charge in [-0.3, -0.25) is 4.40 Å². The third kappa shape index (κ3) is 2.72. The Morgan fingerprint density at radius 1 is 1.50 bits per heavy atom. The second kappa shape index (κ2) is 5.55. The molecular weight excluding hydrogens is 338 g/mol. The summed E-state index contributed by atoms with van der Waals surface area (Å²) < 4.78 is 8.86. The van der Waals surface area contributed by atoms with E-state index in [9.17, 15) is 0 Å². The maximum atomic E-state index is 5.98.